The number of aromatic nitrogens is 1. The van der Waals surface area contributed by atoms with Crippen LogP contribution in [0.3, 0.4) is 0 Å². The molecule has 1 unspecified atom stereocenters. The number of hydrogen-bond donors (Lipinski definition) is 3. The van der Waals surface area contributed by atoms with Crippen LogP contribution in [0.15, 0.2) is 40.1 Å². The first-order valence-electron chi connectivity index (χ1n) is 10.1. The van der Waals surface area contributed by atoms with Gasteiger partial charge in [0.05, 0.1) is 13.1 Å². The molecular formula is C21H33IN6OS. The van der Waals surface area contributed by atoms with Crippen LogP contribution in [0.2, 0.25) is 0 Å². The van der Waals surface area contributed by atoms with Crippen molar-refractivity contribution in [3.63, 3.8) is 0 Å². The summed E-state index contributed by atoms with van der Waals surface area (Å²) in [5.74, 6) is 1.71. The Kier molecular flexibility index (Phi) is 9.79. The van der Waals surface area contributed by atoms with Crippen LogP contribution < -0.4 is 15.5 Å². The lowest BCUT2D eigenvalue weighted by molar-refractivity contribution is 0.0621. The Balaban J connectivity index is 0.00000320. The molecule has 1 saturated heterocycles. The summed E-state index contributed by atoms with van der Waals surface area (Å²) in [6.45, 7) is 9.57. The van der Waals surface area contributed by atoms with E-state index in [-0.39, 0.29) is 24.0 Å². The maximum absolute atomic E-state index is 10.8. The lowest BCUT2D eigenvalue weighted by atomic mass is 9.99. The van der Waals surface area contributed by atoms with Crippen LogP contribution in [0, 0.1) is 0 Å². The normalized spacial score (nSPS) is 17.2. The maximum atomic E-state index is 10.8. The lowest BCUT2D eigenvalue weighted by Crippen LogP contribution is -2.45. The summed E-state index contributed by atoms with van der Waals surface area (Å²) < 4.78 is 0. The van der Waals surface area contributed by atoms with E-state index in [1.165, 1.54) is 0 Å². The first-order chi connectivity index (χ1) is 14.0. The fourth-order valence-corrected chi connectivity index (χ4v) is 4.07. The molecule has 0 bridgehead atoms. The zero-order valence-corrected chi connectivity index (χ0v) is 21.1. The molecule has 2 aromatic rings. The molecule has 0 aromatic carbocycles. The third kappa shape index (κ3) is 6.79. The van der Waals surface area contributed by atoms with Gasteiger partial charge in [-0.2, -0.15) is 11.3 Å². The number of aliphatic imine (C=N–C) groups is 1. The quantitative estimate of drug-likeness (QED) is 0.283. The number of hydrogen-bond acceptors (Lipinski definition) is 6. The highest BCUT2D eigenvalue weighted by molar-refractivity contribution is 14.0. The first-order valence-corrected chi connectivity index (χ1v) is 11.1. The molecule has 3 rings (SSSR count). The second-order valence-corrected chi connectivity index (χ2v) is 8.39. The van der Waals surface area contributed by atoms with E-state index in [1.807, 2.05) is 42.9 Å². The van der Waals surface area contributed by atoms with E-state index in [1.54, 1.807) is 11.3 Å². The third-order valence-electron chi connectivity index (χ3n) is 5.17. The molecule has 0 radical (unpaired) electrons. The molecule has 1 atom stereocenters. The summed E-state index contributed by atoms with van der Waals surface area (Å²) >= 11 is 1.59. The number of pyridine rings is 1. The standard InChI is InChI=1S/C21H32N6OS.HI/c1-4-22-20(25-16-21(2,28)18-7-13-29-15-18)24-14-17-6-5-8-23-19(17)27-11-9-26(3)10-12-27;/h5-8,13,15,28H,4,9-12,14,16H2,1-3H3,(H2,22,24,25);1H. The van der Waals surface area contributed by atoms with E-state index >= 15 is 0 Å². The van der Waals surface area contributed by atoms with Crippen LogP contribution >= 0.6 is 35.3 Å². The number of aliphatic hydroxyl groups is 1. The van der Waals surface area contributed by atoms with Gasteiger partial charge >= 0.3 is 0 Å². The van der Waals surface area contributed by atoms with Gasteiger partial charge in [-0.15, -0.1) is 24.0 Å². The van der Waals surface area contributed by atoms with Gasteiger partial charge in [0, 0.05) is 44.5 Å². The number of rotatable bonds is 7. The van der Waals surface area contributed by atoms with Crippen molar-refractivity contribution in [3.8, 4) is 0 Å². The predicted octanol–water partition coefficient (Wildman–Crippen LogP) is 2.48. The lowest BCUT2D eigenvalue weighted by Gasteiger charge is -2.34. The molecule has 30 heavy (non-hydrogen) atoms. The van der Waals surface area contributed by atoms with Crippen LogP contribution in [-0.2, 0) is 12.1 Å². The molecule has 1 aliphatic rings. The molecule has 1 fully saturated rings. The predicted molar refractivity (Wildman–Crippen MR) is 136 cm³/mol. The molecular weight excluding hydrogens is 511 g/mol. The molecule has 9 heteroatoms. The maximum Gasteiger partial charge on any atom is 0.191 e. The van der Waals surface area contributed by atoms with Gasteiger partial charge in [-0.1, -0.05) is 6.07 Å². The summed E-state index contributed by atoms with van der Waals surface area (Å²) in [4.78, 5) is 14.1. The average molecular weight is 545 g/mol. The molecule has 2 aromatic heterocycles. The van der Waals surface area contributed by atoms with Gasteiger partial charge in [-0.25, -0.2) is 9.98 Å². The minimum absolute atomic E-state index is 0. The number of likely N-dealkylation sites (N-methyl/N-ethyl adjacent to an activating group) is 1. The first kappa shape index (κ1) is 24.8. The molecule has 3 heterocycles. The number of anilines is 1. The zero-order valence-electron chi connectivity index (χ0n) is 18.0. The monoisotopic (exact) mass is 544 g/mol. The third-order valence-corrected chi connectivity index (χ3v) is 5.85. The van der Waals surface area contributed by atoms with Gasteiger partial charge in [0.25, 0.3) is 0 Å². The molecule has 1 aliphatic heterocycles. The van der Waals surface area contributed by atoms with E-state index in [9.17, 15) is 5.11 Å². The topological polar surface area (TPSA) is 76.0 Å². The Labute approximate surface area is 200 Å². The molecule has 166 valence electrons. The van der Waals surface area contributed by atoms with Crippen molar-refractivity contribution in [1.82, 2.24) is 20.5 Å². The zero-order chi connectivity index (χ0) is 20.7. The fourth-order valence-electron chi connectivity index (χ4n) is 3.29. The largest absolute Gasteiger partial charge is 0.384 e. The van der Waals surface area contributed by atoms with E-state index in [0.29, 0.717) is 19.0 Å². The summed E-state index contributed by atoms with van der Waals surface area (Å²) in [5.41, 5.74) is 1.07. The Bertz CT molecular complexity index is 791. The van der Waals surface area contributed by atoms with Gasteiger partial charge in [0.1, 0.15) is 11.4 Å². The second-order valence-electron chi connectivity index (χ2n) is 7.61. The van der Waals surface area contributed by atoms with Crippen molar-refractivity contribution in [2.75, 3.05) is 51.2 Å². The van der Waals surface area contributed by atoms with Crippen molar-refractivity contribution in [3.05, 3.63) is 46.3 Å². The highest BCUT2D eigenvalue weighted by Crippen LogP contribution is 2.22. The average Bonchev–Trinajstić information content (AvgIpc) is 3.27. The Morgan fingerprint density at radius 2 is 2.03 bits per heavy atom. The van der Waals surface area contributed by atoms with Crippen LogP contribution in [-0.4, -0.2) is 67.3 Å². The number of piperazine rings is 1. The smallest absolute Gasteiger partial charge is 0.191 e. The van der Waals surface area contributed by atoms with Crippen molar-refractivity contribution in [2.24, 2.45) is 4.99 Å². The van der Waals surface area contributed by atoms with Crippen LogP contribution in [0.4, 0.5) is 5.82 Å². The summed E-state index contributed by atoms with van der Waals surface area (Å²) in [7, 11) is 2.15. The number of thiophene rings is 1. The highest BCUT2D eigenvalue weighted by Gasteiger charge is 2.24. The van der Waals surface area contributed by atoms with Crippen molar-refractivity contribution in [1.29, 1.82) is 0 Å². The van der Waals surface area contributed by atoms with Gasteiger partial charge in [-0.3, -0.25) is 0 Å². The van der Waals surface area contributed by atoms with Gasteiger partial charge in [-0.05, 0) is 49.4 Å². The minimum atomic E-state index is -0.949. The van der Waals surface area contributed by atoms with E-state index < -0.39 is 5.60 Å². The van der Waals surface area contributed by atoms with Crippen LogP contribution in [0.1, 0.15) is 25.0 Å². The molecule has 0 spiro atoms. The second kappa shape index (κ2) is 11.8. The molecule has 0 aliphatic carbocycles. The number of halogens is 1. The van der Waals surface area contributed by atoms with Gasteiger partial charge < -0.3 is 25.5 Å². The Morgan fingerprint density at radius 1 is 1.27 bits per heavy atom. The molecule has 7 nitrogen and oxygen atoms in total. The summed E-state index contributed by atoms with van der Waals surface area (Å²) in [6, 6.07) is 6.01. The van der Waals surface area contributed by atoms with E-state index in [0.717, 1.165) is 49.7 Å². The van der Waals surface area contributed by atoms with Gasteiger partial charge in [0.2, 0.25) is 0 Å². The number of guanidine groups is 1. The molecule has 3 N–H and O–H groups in total. The summed E-state index contributed by atoms with van der Waals surface area (Å²) in [6.07, 6.45) is 1.85. The highest BCUT2D eigenvalue weighted by atomic mass is 127. The SMILES string of the molecule is CCNC(=NCc1cccnc1N1CCN(C)CC1)NCC(C)(O)c1ccsc1.I. The minimum Gasteiger partial charge on any atom is -0.384 e. The molecule has 0 amide bonds. The number of nitrogens with zero attached hydrogens (tertiary/aromatic N) is 4. The van der Waals surface area contributed by atoms with Crippen molar-refractivity contribution in [2.45, 2.75) is 26.0 Å². The summed E-state index contributed by atoms with van der Waals surface area (Å²) in [5, 5.41) is 21.2. The van der Waals surface area contributed by atoms with Crippen LogP contribution in [0.5, 0.6) is 0 Å². The van der Waals surface area contributed by atoms with Crippen LogP contribution in [0.25, 0.3) is 0 Å². The van der Waals surface area contributed by atoms with Crippen molar-refractivity contribution >= 4 is 47.1 Å². The van der Waals surface area contributed by atoms with Gasteiger partial charge in [0.15, 0.2) is 5.96 Å². The Morgan fingerprint density at radius 3 is 2.70 bits per heavy atom. The van der Waals surface area contributed by atoms with E-state index in [2.05, 4.69) is 38.5 Å². The Hall–Kier alpha value is -1.43. The number of nitrogens with one attached hydrogen (secondary N) is 2. The molecule has 0 saturated carbocycles. The fraction of sp³-hybridized carbons (Fsp3) is 0.524. The van der Waals surface area contributed by atoms with Crippen molar-refractivity contribution < 1.29 is 5.11 Å². The van der Waals surface area contributed by atoms with E-state index in [4.69, 9.17) is 4.99 Å².